The molecule has 3 rings (SSSR count). The minimum Gasteiger partial charge on any atom is -0.492 e. The van der Waals surface area contributed by atoms with Crippen molar-refractivity contribution in [3.63, 3.8) is 0 Å². The van der Waals surface area contributed by atoms with E-state index in [2.05, 4.69) is 4.98 Å². The molecule has 9 heteroatoms. The van der Waals surface area contributed by atoms with E-state index in [-0.39, 0.29) is 11.6 Å². The SMILES string of the molecule is CCOc1cccc2sc(N(CC[NH+](C)C)C(=O)c3ccc([N+](=O)[O-])cc3)nc12. The normalized spacial score (nSPS) is 11.0. The smallest absolute Gasteiger partial charge is 0.269 e. The number of nitro groups is 1. The second-order valence-electron chi connectivity index (χ2n) is 6.75. The molecule has 0 aliphatic carbocycles. The Balaban J connectivity index is 1.98. The van der Waals surface area contributed by atoms with Gasteiger partial charge in [-0.05, 0) is 31.2 Å². The summed E-state index contributed by atoms with van der Waals surface area (Å²) in [5, 5.41) is 11.5. The number of carbonyl (C=O) groups is 1. The first-order chi connectivity index (χ1) is 13.9. The molecule has 29 heavy (non-hydrogen) atoms. The Hall–Kier alpha value is -3.04. The Morgan fingerprint density at radius 1 is 1.24 bits per heavy atom. The highest BCUT2D eigenvalue weighted by Crippen LogP contribution is 2.34. The van der Waals surface area contributed by atoms with Crippen molar-refractivity contribution in [2.75, 3.05) is 38.7 Å². The number of rotatable bonds is 8. The number of fused-ring (bicyclic) bond motifs is 1. The van der Waals surface area contributed by atoms with Gasteiger partial charge in [0.15, 0.2) is 5.13 Å². The molecule has 0 aliphatic heterocycles. The number of quaternary nitrogens is 1. The van der Waals surface area contributed by atoms with Gasteiger partial charge in [0.25, 0.3) is 11.6 Å². The van der Waals surface area contributed by atoms with Crippen molar-refractivity contribution in [2.24, 2.45) is 0 Å². The topological polar surface area (TPSA) is 90.0 Å². The van der Waals surface area contributed by atoms with Crippen LogP contribution in [0.3, 0.4) is 0 Å². The molecule has 0 saturated carbocycles. The maximum atomic E-state index is 13.2. The summed E-state index contributed by atoms with van der Waals surface area (Å²) in [5.74, 6) is 0.451. The summed E-state index contributed by atoms with van der Waals surface area (Å²) in [4.78, 5) is 31.1. The lowest BCUT2D eigenvalue weighted by molar-refractivity contribution is -0.856. The van der Waals surface area contributed by atoms with Crippen molar-refractivity contribution in [3.8, 4) is 5.75 Å². The quantitative estimate of drug-likeness (QED) is 0.451. The number of carbonyl (C=O) groups excluding carboxylic acids is 1. The van der Waals surface area contributed by atoms with Crippen molar-refractivity contribution < 1.29 is 19.4 Å². The summed E-state index contributed by atoms with van der Waals surface area (Å²) in [5.41, 5.74) is 1.06. The number of non-ortho nitro benzene ring substituents is 1. The number of likely N-dealkylation sites (N-methyl/N-ethyl adjacent to an activating group) is 1. The number of aromatic nitrogens is 1. The Morgan fingerprint density at radius 2 is 1.97 bits per heavy atom. The predicted octanol–water partition coefficient (Wildman–Crippen LogP) is 2.39. The zero-order valence-corrected chi connectivity index (χ0v) is 17.4. The second kappa shape index (κ2) is 8.97. The molecule has 0 fully saturated rings. The van der Waals surface area contributed by atoms with Gasteiger partial charge in [-0.1, -0.05) is 17.4 Å². The number of anilines is 1. The van der Waals surface area contributed by atoms with Crippen LogP contribution in [0, 0.1) is 10.1 Å². The molecule has 0 spiro atoms. The number of ether oxygens (including phenoxy) is 1. The fraction of sp³-hybridized carbons (Fsp3) is 0.300. The summed E-state index contributed by atoms with van der Waals surface area (Å²) in [7, 11) is 4.03. The molecule has 1 N–H and O–H groups in total. The molecule has 1 amide bonds. The highest BCUT2D eigenvalue weighted by atomic mass is 32.1. The fourth-order valence-electron chi connectivity index (χ4n) is 2.80. The molecule has 1 heterocycles. The molecule has 0 atom stereocenters. The standard InChI is InChI=1S/C20H22N4O4S/c1-4-28-16-6-5-7-17-18(16)21-20(29-17)23(13-12-22(2)3)19(25)14-8-10-15(11-9-14)24(26)27/h5-11H,4,12-13H2,1-3H3/p+1. The maximum Gasteiger partial charge on any atom is 0.269 e. The molecular formula is C20H23N4O4S+. The van der Waals surface area contributed by atoms with Crippen LogP contribution >= 0.6 is 11.3 Å². The van der Waals surface area contributed by atoms with E-state index in [1.54, 1.807) is 4.90 Å². The summed E-state index contributed by atoms with van der Waals surface area (Å²) in [6, 6.07) is 11.4. The number of hydrogen-bond donors (Lipinski definition) is 1. The largest absolute Gasteiger partial charge is 0.492 e. The summed E-state index contributed by atoms with van der Waals surface area (Å²) < 4.78 is 6.60. The van der Waals surface area contributed by atoms with E-state index in [0.717, 1.165) is 16.8 Å². The molecule has 0 unspecified atom stereocenters. The Morgan fingerprint density at radius 3 is 2.59 bits per heavy atom. The van der Waals surface area contributed by atoms with Crippen LogP contribution in [-0.2, 0) is 0 Å². The first-order valence-electron chi connectivity index (χ1n) is 9.28. The van der Waals surface area contributed by atoms with Crippen LogP contribution < -0.4 is 14.5 Å². The van der Waals surface area contributed by atoms with Gasteiger partial charge in [-0.15, -0.1) is 0 Å². The van der Waals surface area contributed by atoms with Crippen molar-refractivity contribution >= 4 is 38.3 Å². The van der Waals surface area contributed by atoms with Crippen molar-refractivity contribution in [1.82, 2.24) is 4.98 Å². The third-order valence-electron chi connectivity index (χ3n) is 4.31. The highest BCUT2D eigenvalue weighted by Gasteiger charge is 2.23. The average molecular weight is 415 g/mol. The minimum atomic E-state index is -0.482. The maximum absolute atomic E-state index is 13.2. The monoisotopic (exact) mass is 415 g/mol. The van der Waals surface area contributed by atoms with E-state index in [1.807, 2.05) is 39.2 Å². The van der Waals surface area contributed by atoms with Gasteiger partial charge >= 0.3 is 0 Å². The van der Waals surface area contributed by atoms with Gasteiger partial charge in [0.05, 0.1) is 43.4 Å². The van der Waals surface area contributed by atoms with Gasteiger partial charge in [-0.2, -0.15) is 0 Å². The first kappa shape index (κ1) is 20.7. The number of nitro benzene ring substituents is 1. The van der Waals surface area contributed by atoms with E-state index in [4.69, 9.17) is 4.74 Å². The third-order valence-corrected chi connectivity index (χ3v) is 5.35. The predicted molar refractivity (Wildman–Crippen MR) is 113 cm³/mol. The third kappa shape index (κ3) is 4.69. The number of para-hydroxylation sites is 1. The first-order valence-corrected chi connectivity index (χ1v) is 10.1. The van der Waals surface area contributed by atoms with E-state index >= 15 is 0 Å². The van der Waals surface area contributed by atoms with Crippen LogP contribution in [0.5, 0.6) is 5.75 Å². The molecular weight excluding hydrogens is 392 g/mol. The Kier molecular flexibility index (Phi) is 6.40. The van der Waals surface area contributed by atoms with Gasteiger partial charge in [0.1, 0.15) is 11.3 Å². The molecule has 3 aromatic rings. The van der Waals surface area contributed by atoms with Gasteiger partial charge in [-0.25, -0.2) is 4.98 Å². The number of nitrogens with zero attached hydrogens (tertiary/aromatic N) is 3. The van der Waals surface area contributed by atoms with E-state index in [0.29, 0.717) is 29.6 Å². The minimum absolute atomic E-state index is 0.0489. The van der Waals surface area contributed by atoms with Gasteiger partial charge in [0.2, 0.25) is 0 Å². The number of benzene rings is 2. The lowest BCUT2D eigenvalue weighted by Crippen LogP contribution is -3.06. The molecule has 8 nitrogen and oxygen atoms in total. The molecule has 152 valence electrons. The zero-order valence-electron chi connectivity index (χ0n) is 16.5. The lowest BCUT2D eigenvalue weighted by atomic mass is 10.2. The summed E-state index contributed by atoms with van der Waals surface area (Å²) in [6.07, 6.45) is 0. The average Bonchev–Trinajstić information content (AvgIpc) is 3.13. The van der Waals surface area contributed by atoms with Crippen molar-refractivity contribution in [1.29, 1.82) is 0 Å². The van der Waals surface area contributed by atoms with Gasteiger partial charge < -0.3 is 9.64 Å². The molecule has 0 radical (unpaired) electrons. The summed E-state index contributed by atoms with van der Waals surface area (Å²) in [6.45, 7) is 3.65. The Labute approximate surface area is 172 Å². The van der Waals surface area contributed by atoms with Crippen LogP contribution in [0.25, 0.3) is 10.2 Å². The van der Waals surface area contributed by atoms with E-state index in [9.17, 15) is 14.9 Å². The summed E-state index contributed by atoms with van der Waals surface area (Å²) >= 11 is 1.42. The van der Waals surface area contributed by atoms with Crippen molar-refractivity contribution in [2.45, 2.75) is 6.92 Å². The van der Waals surface area contributed by atoms with Crippen LogP contribution in [0.15, 0.2) is 42.5 Å². The van der Waals surface area contributed by atoms with Gasteiger partial charge in [-0.3, -0.25) is 19.8 Å². The molecule has 0 aliphatic rings. The van der Waals surface area contributed by atoms with E-state index in [1.165, 1.54) is 40.5 Å². The van der Waals surface area contributed by atoms with Crippen molar-refractivity contribution in [3.05, 3.63) is 58.1 Å². The molecule has 0 bridgehead atoms. The van der Waals surface area contributed by atoms with Crippen LogP contribution in [0.1, 0.15) is 17.3 Å². The molecule has 0 saturated heterocycles. The lowest BCUT2D eigenvalue weighted by Gasteiger charge is -2.20. The fourth-order valence-corrected chi connectivity index (χ4v) is 3.81. The molecule has 2 aromatic carbocycles. The molecule has 1 aromatic heterocycles. The number of hydrogen-bond acceptors (Lipinski definition) is 6. The van der Waals surface area contributed by atoms with Crippen LogP contribution in [-0.4, -0.2) is 49.6 Å². The van der Waals surface area contributed by atoms with Gasteiger partial charge in [0, 0.05) is 17.7 Å². The number of nitrogens with one attached hydrogen (secondary N) is 1. The van der Waals surface area contributed by atoms with Crippen LogP contribution in [0.2, 0.25) is 0 Å². The zero-order chi connectivity index (χ0) is 21.0. The van der Waals surface area contributed by atoms with Crippen LogP contribution in [0.4, 0.5) is 10.8 Å². The van der Waals surface area contributed by atoms with E-state index < -0.39 is 4.92 Å². The number of thiazole rings is 1. The Bertz CT molecular complexity index is 1020. The highest BCUT2D eigenvalue weighted by molar-refractivity contribution is 7.22. The second-order valence-corrected chi connectivity index (χ2v) is 7.76. The number of amides is 1.